The van der Waals surface area contributed by atoms with Gasteiger partial charge in [0.25, 0.3) is 0 Å². The normalized spacial score (nSPS) is 20.9. The average molecular weight is 267 g/mol. The van der Waals surface area contributed by atoms with Crippen molar-refractivity contribution in [2.24, 2.45) is 0 Å². The second-order valence-corrected chi connectivity index (χ2v) is 5.05. The van der Waals surface area contributed by atoms with Crippen molar-refractivity contribution in [2.75, 3.05) is 13.2 Å². The molecule has 0 saturated heterocycles. The van der Waals surface area contributed by atoms with Gasteiger partial charge < -0.3 is 9.84 Å². The van der Waals surface area contributed by atoms with Crippen LogP contribution in [-0.2, 0) is 4.74 Å². The molecule has 0 aromatic heterocycles. The second kappa shape index (κ2) is 4.79. The highest BCUT2D eigenvalue weighted by atomic mass is 19.4. The maximum absolute atomic E-state index is 12.5. The molecule has 0 fully saturated rings. The number of halogens is 3. The van der Waals surface area contributed by atoms with Gasteiger partial charge in [0, 0.05) is 0 Å². The highest BCUT2D eigenvalue weighted by Crippen LogP contribution is 2.32. The van der Waals surface area contributed by atoms with Crippen molar-refractivity contribution in [2.45, 2.75) is 38.6 Å². The molecule has 4 nitrogen and oxygen atoms in total. The van der Waals surface area contributed by atoms with E-state index in [1.807, 2.05) is 0 Å². The Hall–Kier alpha value is -1.24. The number of hydrogen-bond donors (Lipinski definition) is 1. The maximum atomic E-state index is 12.5. The summed E-state index contributed by atoms with van der Waals surface area (Å²) in [5.41, 5.74) is -1.63. The molecule has 0 aromatic rings. The molecule has 1 aliphatic rings. The number of alkyl halides is 3. The van der Waals surface area contributed by atoms with Crippen LogP contribution in [0.3, 0.4) is 0 Å². The van der Waals surface area contributed by atoms with Gasteiger partial charge in [0.05, 0.1) is 24.8 Å². The van der Waals surface area contributed by atoms with E-state index in [1.54, 1.807) is 20.8 Å². The molecule has 104 valence electrons. The molecule has 18 heavy (non-hydrogen) atoms. The van der Waals surface area contributed by atoms with Gasteiger partial charge in [-0.05, 0) is 26.8 Å². The van der Waals surface area contributed by atoms with E-state index in [-0.39, 0.29) is 0 Å². The van der Waals surface area contributed by atoms with Crippen molar-refractivity contribution in [3.8, 4) is 0 Å². The number of aliphatic hydroxyl groups is 1. The lowest BCUT2D eigenvalue weighted by atomic mass is 10.2. The number of carbonyl (C=O) groups is 1. The minimum absolute atomic E-state index is 0.571. The Labute approximate surface area is 103 Å². The minimum Gasteiger partial charge on any atom is -0.444 e. The summed E-state index contributed by atoms with van der Waals surface area (Å²) in [5, 5.41) is 9.01. The average Bonchev–Trinajstić information content (AvgIpc) is 2.57. The van der Waals surface area contributed by atoms with Crippen molar-refractivity contribution < 1.29 is 27.8 Å². The van der Waals surface area contributed by atoms with E-state index in [9.17, 15) is 18.0 Å². The van der Waals surface area contributed by atoms with E-state index in [1.165, 1.54) is 0 Å². The number of rotatable bonds is 1. The molecule has 7 heteroatoms. The minimum atomic E-state index is -4.50. The van der Waals surface area contributed by atoms with Gasteiger partial charge in [0.1, 0.15) is 5.60 Å². The number of nitrogens with zero attached hydrogens (tertiary/aromatic N) is 1. The predicted octanol–water partition coefficient (Wildman–Crippen LogP) is 2.09. The van der Waals surface area contributed by atoms with Crippen LogP contribution in [0, 0.1) is 0 Å². The molecule has 0 bridgehead atoms. The van der Waals surface area contributed by atoms with Gasteiger partial charge in [-0.2, -0.15) is 13.2 Å². The third-order valence-corrected chi connectivity index (χ3v) is 2.31. The van der Waals surface area contributed by atoms with Gasteiger partial charge in [-0.15, -0.1) is 0 Å². The summed E-state index contributed by atoms with van der Waals surface area (Å²) in [7, 11) is 0. The summed E-state index contributed by atoms with van der Waals surface area (Å²) in [5.74, 6) is 0. The Bertz CT molecular complexity index is 358. The zero-order chi connectivity index (χ0) is 14.1. The topological polar surface area (TPSA) is 49.8 Å². The van der Waals surface area contributed by atoms with E-state index in [4.69, 9.17) is 9.84 Å². The van der Waals surface area contributed by atoms with E-state index < -0.39 is 42.6 Å². The third-order valence-electron chi connectivity index (χ3n) is 2.31. The first-order chi connectivity index (χ1) is 8.04. The van der Waals surface area contributed by atoms with Gasteiger partial charge in [0.15, 0.2) is 0 Å². The van der Waals surface area contributed by atoms with Crippen molar-refractivity contribution in [3.05, 3.63) is 11.6 Å². The molecule has 1 N–H and O–H groups in total. The van der Waals surface area contributed by atoms with Crippen molar-refractivity contribution in [1.82, 2.24) is 4.90 Å². The molecule has 0 saturated carbocycles. The SMILES string of the molecule is CC(C)(C)OC(=O)N1CC(C(F)(F)F)=CC1CO. The van der Waals surface area contributed by atoms with E-state index in [2.05, 4.69) is 0 Å². The Morgan fingerprint density at radius 3 is 2.44 bits per heavy atom. The Kier molecular flexibility index (Phi) is 3.95. The van der Waals surface area contributed by atoms with Crippen LogP contribution in [0.4, 0.5) is 18.0 Å². The number of ether oxygens (including phenoxy) is 1. The molecule has 0 aromatic carbocycles. The largest absolute Gasteiger partial charge is 0.444 e. The summed E-state index contributed by atoms with van der Waals surface area (Å²) < 4.78 is 42.5. The van der Waals surface area contributed by atoms with Crippen molar-refractivity contribution in [1.29, 1.82) is 0 Å². The fourth-order valence-electron chi connectivity index (χ4n) is 1.53. The van der Waals surface area contributed by atoms with E-state index >= 15 is 0 Å². The standard InChI is InChI=1S/C11H16F3NO3/c1-10(2,3)18-9(17)15-5-7(11(12,13)14)4-8(15)6-16/h4,8,16H,5-6H2,1-3H3. The van der Waals surface area contributed by atoms with Crippen molar-refractivity contribution in [3.63, 3.8) is 0 Å². The molecular weight excluding hydrogens is 251 g/mol. The molecule has 1 heterocycles. The summed E-state index contributed by atoms with van der Waals surface area (Å²) in [6.07, 6.45) is -4.51. The molecule has 0 aliphatic carbocycles. The van der Waals surface area contributed by atoms with Crippen LogP contribution >= 0.6 is 0 Å². The first-order valence-corrected chi connectivity index (χ1v) is 5.43. The van der Waals surface area contributed by atoms with Crippen LogP contribution in [-0.4, -0.2) is 47.1 Å². The smallest absolute Gasteiger partial charge is 0.414 e. The summed E-state index contributed by atoms with van der Waals surface area (Å²) in [6, 6.07) is -0.989. The monoisotopic (exact) mass is 267 g/mol. The number of hydrogen-bond acceptors (Lipinski definition) is 3. The van der Waals surface area contributed by atoms with Gasteiger partial charge in [0.2, 0.25) is 0 Å². The third kappa shape index (κ3) is 3.63. The lowest BCUT2D eigenvalue weighted by molar-refractivity contribution is -0.0935. The molecule has 1 amide bonds. The van der Waals surface area contributed by atoms with Crippen LogP contribution in [0.1, 0.15) is 20.8 Å². The van der Waals surface area contributed by atoms with E-state index in [0.717, 1.165) is 11.0 Å². The molecule has 1 aliphatic heterocycles. The van der Waals surface area contributed by atoms with Crippen LogP contribution < -0.4 is 0 Å². The quantitative estimate of drug-likeness (QED) is 0.740. The zero-order valence-electron chi connectivity index (χ0n) is 10.4. The molecule has 1 unspecified atom stereocenters. The number of carbonyl (C=O) groups excluding carboxylic acids is 1. The lowest BCUT2D eigenvalue weighted by Gasteiger charge is -2.27. The number of aliphatic hydroxyl groups excluding tert-OH is 1. The summed E-state index contributed by atoms with van der Waals surface area (Å²) in [4.78, 5) is 12.6. The van der Waals surface area contributed by atoms with Crippen LogP contribution in [0.15, 0.2) is 11.6 Å². The fraction of sp³-hybridized carbons (Fsp3) is 0.727. The highest BCUT2D eigenvalue weighted by Gasteiger charge is 2.42. The predicted molar refractivity (Wildman–Crippen MR) is 58.0 cm³/mol. The summed E-state index contributed by atoms with van der Waals surface area (Å²) >= 11 is 0. The summed E-state index contributed by atoms with van der Waals surface area (Å²) in [6.45, 7) is 3.69. The second-order valence-electron chi connectivity index (χ2n) is 5.05. The molecule has 0 radical (unpaired) electrons. The van der Waals surface area contributed by atoms with Crippen LogP contribution in [0.2, 0.25) is 0 Å². The molecule has 1 atom stereocenters. The van der Waals surface area contributed by atoms with Crippen molar-refractivity contribution >= 4 is 6.09 Å². The zero-order valence-corrected chi connectivity index (χ0v) is 10.4. The van der Waals surface area contributed by atoms with Crippen LogP contribution in [0.5, 0.6) is 0 Å². The van der Waals surface area contributed by atoms with Gasteiger partial charge >= 0.3 is 12.3 Å². The van der Waals surface area contributed by atoms with Gasteiger partial charge in [-0.3, -0.25) is 4.90 Å². The highest BCUT2D eigenvalue weighted by molar-refractivity contribution is 5.70. The fourth-order valence-corrected chi connectivity index (χ4v) is 1.53. The molecular formula is C11H16F3NO3. The Morgan fingerprint density at radius 2 is 2.06 bits per heavy atom. The molecule has 0 spiro atoms. The number of amides is 1. The lowest BCUT2D eigenvalue weighted by Crippen LogP contribution is -2.42. The Morgan fingerprint density at radius 1 is 1.50 bits per heavy atom. The van der Waals surface area contributed by atoms with Crippen LogP contribution in [0.25, 0.3) is 0 Å². The van der Waals surface area contributed by atoms with E-state index in [0.29, 0.717) is 0 Å². The van der Waals surface area contributed by atoms with Gasteiger partial charge in [-0.1, -0.05) is 0 Å². The Balaban J connectivity index is 2.79. The first kappa shape index (κ1) is 14.8. The molecule has 1 rings (SSSR count). The maximum Gasteiger partial charge on any atom is 0.414 e. The van der Waals surface area contributed by atoms with Gasteiger partial charge in [-0.25, -0.2) is 4.79 Å². The first-order valence-electron chi connectivity index (χ1n) is 5.43.